The molecule has 0 aliphatic carbocycles. The lowest BCUT2D eigenvalue weighted by Crippen LogP contribution is -2.54. The van der Waals surface area contributed by atoms with Crippen molar-refractivity contribution in [3.63, 3.8) is 0 Å². The first kappa shape index (κ1) is 16.4. The van der Waals surface area contributed by atoms with E-state index < -0.39 is 35.2 Å². The van der Waals surface area contributed by atoms with Gasteiger partial charge in [-0.05, 0) is 6.92 Å². The van der Waals surface area contributed by atoms with Crippen molar-refractivity contribution in [2.24, 2.45) is 0 Å². The third kappa shape index (κ3) is 3.67. The summed E-state index contributed by atoms with van der Waals surface area (Å²) in [5.74, 6) is -6.68. The number of hydrogen-bond donors (Lipinski definition) is 0. The first-order chi connectivity index (χ1) is 7.27. The van der Waals surface area contributed by atoms with Crippen molar-refractivity contribution in [1.82, 2.24) is 0 Å². The molecule has 17 heavy (non-hydrogen) atoms. The van der Waals surface area contributed by atoms with Gasteiger partial charge in [-0.2, -0.15) is 43.3 Å². The molecule has 0 unspecified atom stereocenters. The highest BCUT2D eigenvalue weighted by molar-refractivity contribution is 7.81. The van der Waals surface area contributed by atoms with Crippen LogP contribution in [0.25, 0.3) is 0 Å². The first-order valence-electron chi connectivity index (χ1n) is 3.69. The van der Waals surface area contributed by atoms with Gasteiger partial charge in [-0.3, -0.25) is 0 Å². The van der Waals surface area contributed by atoms with E-state index >= 15 is 0 Å². The summed E-state index contributed by atoms with van der Waals surface area (Å²) in [6.45, 7) is 0.178. The minimum Gasteiger partial charge on any atom is -0.248 e. The monoisotopic (exact) mass is 294 g/mol. The molecular weight excluding hydrogens is 289 g/mol. The van der Waals surface area contributed by atoms with Crippen LogP contribution in [0.1, 0.15) is 6.92 Å². The van der Waals surface area contributed by atoms with E-state index in [1.807, 2.05) is 0 Å². The molecular formula is C5H5F7O4S. The molecule has 0 saturated heterocycles. The van der Waals surface area contributed by atoms with Crippen LogP contribution in [-0.2, 0) is 18.8 Å². The topological polar surface area (TPSA) is 52.6 Å². The van der Waals surface area contributed by atoms with Crippen molar-refractivity contribution in [3.05, 3.63) is 0 Å². The maximum absolute atomic E-state index is 12.4. The van der Waals surface area contributed by atoms with Crippen LogP contribution in [0.3, 0.4) is 0 Å². The van der Waals surface area contributed by atoms with E-state index in [1.54, 1.807) is 0 Å². The second kappa shape index (κ2) is 4.57. The lowest BCUT2D eigenvalue weighted by molar-refractivity contribution is -0.403. The summed E-state index contributed by atoms with van der Waals surface area (Å²) < 4.78 is 110. The van der Waals surface area contributed by atoms with Gasteiger partial charge in [0.2, 0.25) is 0 Å². The second-order valence-corrected chi connectivity index (χ2v) is 3.71. The van der Waals surface area contributed by atoms with Crippen molar-refractivity contribution in [2.75, 3.05) is 6.61 Å². The van der Waals surface area contributed by atoms with Crippen LogP contribution in [0.5, 0.6) is 0 Å². The zero-order valence-electron chi connectivity index (χ0n) is 7.89. The van der Waals surface area contributed by atoms with Crippen molar-refractivity contribution in [2.45, 2.75) is 25.1 Å². The Morgan fingerprint density at radius 3 is 1.71 bits per heavy atom. The zero-order chi connectivity index (χ0) is 14.1. The largest absolute Gasteiger partial charge is 0.462 e. The van der Waals surface area contributed by atoms with Crippen LogP contribution in [0.4, 0.5) is 30.7 Å². The van der Waals surface area contributed by atoms with Crippen LogP contribution >= 0.6 is 0 Å². The van der Waals surface area contributed by atoms with E-state index in [1.165, 1.54) is 0 Å². The molecule has 0 aliphatic rings. The van der Waals surface area contributed by atoms with Crippen LogP contribution in [-0.4, -0.2) is 33.2 Å². The van der Waals surface area contributed by atoms with Gasteiger partial charge in [-0.15, -0.1) is 0 Å². The normalized spacial score (nSPS) is 15.1. The van der Waals surface area contributed by atoms with E-state index in [4.69, 9.17) is 0 Å². The van der Waals surface area contributed by atoms with Crippen molar-refractivity contribution in [3.8, 4) is 0 Å². The first-order valence-corrected chi connectivity index (χ1v) is 5.02. The Balaban J connectivity index is 5.17. The molecule has 12 heteroatoms. The molecule has 0 aliphatic heterocycles. The van der Waals surface area contributed by atoms with Gasteiger partial charge in [-0.1, -0.05) is 0 Å². The highest BCUT2D eigenvalue weighted by atomic mass is 32.3. The number of rotatable bonds is 5. The summed E-state index contributed by atoms with van der Waals surface area (Å²) in [6.07, 6.45) is -13.0. The molecule has 0 saturated carbocycles. The minimum absolute atomic E-state index is 0.782. The molecule has 0 aromatic heterocycles. The Kier molecular flexibility index (Phi) is 4.40. The van der Waals surface area contributed by atoms with E-state index in [0.29, 0.717) is 0 Å². The molecule has 0 fully saturated rings. The molecule has 0 bridgehead atoms. The van der Waals surface area contributed by atoms with E-state index in [2.05, 4.69) is 8.37 Å². The molecule has 0 rings (SSSR count). The average Bonchev–Trinajstić information content (AvgIpc) is 1.98. The van der Waals surface area contributed by atoms with Crippen LogP contribution in [0.15, 0.2) is 0 Å². The fourth-order valence-electron chi connectivity index (χ4n) is 0.514. The van der Waals surface area contributed by atoms with E-state index in [9.17, 15) is 39.2 Å². The second-order valence-electron chi connectivity index (χ2n) is 2.49. The zero-order valence-corrected chi connectivity index (χ0v) is 8.71. The molecule has 0 aromatic rings. The highest BCUT2D eigenvalue weighted by Gasteiger charge is 2.76. The molecule has 0 heterocycles. The summed E-state index contributed by atoms with van der Waals surface area (Å²) in [4.78, 5) is 0. The SMILES string of the molecule is CCOS(=O)(=O)OC(F)(F)C(F)(F)C(F)(F)F. The molecule has 0 aromatic carbocycles. The Labute approximate surface area is 90.6 Å². The summed E-state index contributed by atoms with van der Waals surface area (Å²) >= 11 is 0. The predicted molar refractivity (Wildman–Crippen MR) is 37.6 cm³/mol. The Hall–Kier alpha value is -0.620. The standard InChI is InChI=1S/C5H5F7O4S/c1-2-15-17(13,14)16-5(11,12)3(6,7)4(8,9)10/h2H2,1H3. The molecule has 0 radical (unpaired) electrons. The molecule has 0 N–H and O–H groups in total. The molecule has 4 nitrogen and oxygen atoms in total. The Morgan fingerprint density at radius 1 is 1.00 bits per heavy atom. The van der Waals surface area contributed by atoms with Crippen LogP contribution < -0.4 is 0 Å². The number of alkyl halides is 7. The number of hydrogen-bond acceptors (Lipinski definition) is 4. The molecule has 0 amide bonds. The molecule has 0 atom stereocenters. The lowest BCUT2D eigenvalue weighted by Gasteiger charge is -2.26. The Morgan fingerprint density at radius 2 is 1.41 bits per heavy atom. The fraction of sp³-hybridized carbons (Fsp3) is 1.00. The number of halogens is 7. The molecule has 104 valence electrons. The quantitative estimate of drug-likeness (QED) is 0.728. The van der Waals surface area contributed by atoms with Crippen molar-refractivity contribution in [1.29, 1.82) is 0 Å². The van der Waals surface area contributed by atoms with Crippen molar-refractivity contribution < 1.29 is 47.5 Å². The van der Waals surface area contributed by atoms with Gasteiger partial charge < -0.3 is 0 Å². The Bertz CT molecular complexity index is 359. The maximum atomic E-state index is 12.4. The summed E-state index contributed by atoms with van der Waals surface area (Å²) in [5, 5.41) is 0. The van der Waals surface area contributed by atoms with Crippen molar-refractivity contribution >= 4 is 10.4 Å². The van der Waals surface area contributed by atoms with Gasteiger partial charge in [0, 0.05) is 0 Å². The van der Waals surface area contributed by atoms with Crippen LogP contribution in [0, 0.1) is 0 Å². The highest BCUT2D eigenvalue weighted by Crippen LogP contribution is 2.47. The van der Waals surface area contributed by atoms with Gasteiger partial charge >= 0.3 is 28.6 Å². The average molecular weight is 294 g/mol. The van der Waals surface area contributed by atoms with Gasteiger partial charge in [0.05, 0.1) is 6.61 Å². The maximum Gasteiger partial charge on any atom is 0.462 e. The van der Waals surface area contributed by atoms with E-state index in [0.717, 1.165) is 6.92 Å². The molecule has 0 spiro atoms. The van der Waals surface area contributed by atoms with Crippen LogP contribution in [0.2, 0.25) is 0 Å². The minimum atomic E-state index is -6.68. The van der Waals surface area contributed by atoms with Gasteiger partial charge in [0.15, 0.2) is 0 Å². The summed E-state index contributed by atoms with van der Waals surface area (Å²) in [6, 6.07) is 0. The fourth-order valence-corrected chi connectivity index (χ4v) is 1.21. The summed E-state index contributed by atoms with van der Waals surface area (Å²) in [7, 11) is -5.66. The van der Waals surface area contributed by atoms with Gasteiger partial charge in [0.1, 0.15) is 0 Å². The smallest absolute Gasteiger partial charge is 0.248 e. The van der Waals surface area contributed by atoms with E-state index in [-0.39, 0.29) is 0 Å². The van der Waals surface area contributed by atoms with Gasteiger partial charge in [-0.25, -0.2) is 4.18 Å². The van der Waals surface area contributed by atoms with Gasteiger partial charge in [0.25, 0.3) is 0 Å². The predicted octanol–water partition coefficient (Wildman–Crippen LogP) is 2.07. The summed E-state index contributed by atoms with van der Waals surface area (Å²) in [5.41, 5.74) is 0. The lowest BCUT2D eigenvalue weighted by atomic mass is 10.3. The third-order valence-electron chi connectivity index (χ3n) is 1.19. The third-order valence-corrected chi connectivity index (χ3v) is 2.13.